The molecule has 0 spiro atoms. The predicted molar refractivity (Wildman–Crippen MR) is 120 cm³/mol. The summed E-state index contributed by atoms with van der Waals surface area (Å²) in [6, 6.07) is 18.6. The average Bonchev–Trinajstić information content (AvgIpc) is 3.16. The van der Waals surface area contributed by atoms with E-state index in [1.807, 2.05) is 42.5 Å². The van der Waals surface area contributed by atoms with Gasteiger partial charge in [-0.15, -0.1) is 0 Å². The number of aromatic hydroxyl groups is 1. The van der Waals surface area contributed by atoms with E-state index in [9.17, 15) is 9.90 Å². The number of pyridine rings is 1. The third-order valence-electron chi connectivity index (χ3n) is 5.39. The van der Waals surface area contributed by atoms with Gasteiger partial charge in [0.25, 0.3) is 0 Å². The number of fused-ring (bicyclic) bond motifs is 1. The summed E-state index contributed by atoms with van der Waals surface area (Å²) in [5, 5.41) is 14.5. The largest absolute Gasteiger partial charge is 0.508 e. The van der Waals surface area contributed by atoms with Crippen molar-refractivity contribution in [2.24, 2.45) is 0 Å². The molecule has 3 N–H and O–H groups in total. The fourth-order valence-corrected chi connectivity index (χ4v) is 3.93. The van der Waals surface area contributed by atoms with Crippen molar-refractivity contribution in [3.63, 3.8) is 0 Å². The van der Waals surface area contributed by atoms with E-state index in [2.05, 4.69) is 15.3 Å². The van der Waals surface area contributed by atoms with Crippen LogP contribution in [0.2, 0.25) is 0 Å². The molecular formula is C25H25N3O3. The van der Waals surface area contributed by atoms with Gasteiger partial charge in [-0.1, -0.05) is 24.3 Å². The number of carbonyl (C=O) groups is 1. The Morgan fingerprint density at radius 3 is 2.77 bits per heavy atom. The van der Waals surface area contributed by atoms with Gasteiger partial charge in [-0.25, -0.2) is 0 Å². The van der Waals surface area contributed by atoms with Crippen LogP contribution in [0.1, 0.15) is 39.0 Å². The van der Waals surface area contributed by atoms with Crippen LogP contribution in [0.15, 0.2) is 66.9 Å². The maximum Gasteiger partial charge on any atom is 0.150 e. The Morgan fingerprint density at radius 1 is 1.16 bits per heavy atom. The van der Waals surface area contributed by atoms with Gasteiger partial charge in [0.2, 0.25) is 0 Å². The number of aromatic nitrogens is 2. The van der Waals surface area contributed by atoms with Gasteiger partial charge in [0.05, 0.1) is 0 Å². The number of hydrogen-bond acceptors (Lipinski definition) is 5. The fourth-order valence-electron chi connectivity index (χ4n) is 3.93. The maximum atomic E-state index is 11.7. The molecule has 0 aliphatic rings. The Morgan fingerprint density at radius 2 is 2.00 bits per heavy atom. The Balaban J connectivity index is 1.66. The molecule has 0 saturated carbocycles. The van der Waals surface area contributed by atoms with Gasteiger partial charge in [-0.2, -0.15) is 0 Å². The number of nitrogens with one attached hydrogen (secondary N) is 2. The molecule has 0 aliphatic carbocycles. The number of rotatable bonds is 9. The second-order valence-corrected chi connectivity index (χ2v) is 7.36. The lowest BCUT2D eigenvalue weighted by Gasteiger charge is -2.20. The Hall–Kier alpha value is -3.48. The lowest BCUT2D eigenvalue weighted by molar-refractivity contribution is 0.110. The van der Waals surface area contributed by atoms with Crippen molar-refractivity contribution >= 4 is 17.2 Å². The van der Waals surface area contributed by atoms with Crippen LogP contribution in [0.5, 0.6) is 5.75 Å². The molecule has 6 heteroatoms. The monoisotopic (exact) mass is 415 g/mol. The maximum absolute atomic E-state index is 11.7. The number of phenolic OH excluding ortho intramolecular Hbond substituents is 1. The highest BCUT2D eigenvalue weighted by atomic mass is 16.5. The summed E-state index contributed by atoms with van der Waals surface area (Å²) < 4.78 is 5.87. The second-order valence-electron chi connectivity index (χ2n) is 7.36. The topological polar surface area (TPSA) is 87.2 Å². The third-order valence-corrected chi connectivity index (χ3v) is 5.39. The normalized spacial score (nSPS) is 12.2. The number of hydrogen-bond donors (Lipinski definition) is 3. The van der Waals surface area contributed by atoms with Crippen LogP contribution in [-0.2, 0) is 17.7 Å². The molecule has 4 rings (SSSR count). The molecule has 2 aromatic carbocycles. The first-order valence-corrected chi connectivity index (χ1v) is 10.2. The van der Waals surface area contributed by atoms with Crippen LogP contribution in [0.25, 0.3) is 10.9 Å². The zero-order valence-corrected chi connectivity index (χ0v) is 17.3. The lowest BCUT2D eigenvalue weighted by Crippen LogP contribution is -2.19. The van der Waals surface area contributed by atoms with E-state index in [1.54, 1.807) is 25.4 Å². The number of H-pyrrole nitrogens is 1. The van der Waals surface area contributed by atoms with E-state index >= 15 is 0 Å². The molecule has 0 bridgehead atoms. The summed E-state index contributed by atoms with van der Waals surface area (Å²) in [4.78, 5) is 19.5. The van der Waals surface area contributed by atoms with E-state index in [1.165, 1.54) is 6.07 Å². The Labute approximate surface area is 180 Å². The summed E-state index contributed by atoms with van der Waals surface area (Å²) in [5.41, 5.74) is 5.10. The van der Waals surface area contributed by atoms with Gasteiger partial charge < -0.3 is 20.1 Å². The first kappa shape index (κ1) is 20.8. The minimum absolute atomic E-state index is 0.0949. The molecule has 1 atom stereocenters. The van der Waals surface area contributed by atoms with Crippen molar-refractivity contribution < 1.29 is 14.6 Å². The first-order chi connectivity index (χ1) is 15.2. The van der Waals surface area contributed by atoms with Crippen LogP contribution in [0, 0.1) is 0 Å². The number of phenols is 1. The average molecular weight is 415 g/mol. The summed E-state index contributed by atoms with van der Waals surface area (Å²) in [7, 11) is 1.61. The van der Waals surface area contributed by atoms with Gasteiger partial charge >= 0.3 is 0 Å². The Kier molecular flexibility index (Phi) is 6.40. The van der Waals surface area contributed by atoms with Crippen molar-refractivity contribution in [3.8, 4) is 5.75 Å². The molecule has 4 aromatic rings. The first-order valence-electron chi connectivity index (χ1n) is 10.2. The third kappa shape index (κ3) is 4.50. The van der Waals surface area contributed by atoms with E-state index in [0.29, 0.717) is 17.7 Å². The number of para-hydroxylation sites is 1. The number of methoxy groups -OCH3 is 1. The Bertz CT molecular complexity index is 1170. The van der Waals surface area contributed by atoms with Gasteiger partial charge in [0, 0.05) is 66.2 Å². The van der Waals surface area contributed by atoms with Crippen molar-refractivity contribution in [3.05, 3.63) is 94.9 Å². The van der Waals surface area contributed by atoms with Crippen LogP contribution in [0.4, 0.5) is 0 Å². The SMILES string of the molecule is COC(c1cc(O)ccc1C=O)c1c(CNCCc2ccccn2)[nH]c2ccccc12. The highest BCUT2D eigenvalue weighted by Gasteiger charge is 2.24. The highest BCUT2D eigenvalue weighted by molar-refractivity contribution is 5.86. The minimum Gasteiger partial charge on any atom is -0.508 e. The van der Waals surface area contributed by atoms with E-state index in [0.717, 1.165) is 47.1 Å². The molecule has 1 unspecified atom stereocenters. The quantitative estimate of drug-likeness (QED) is 0.282. The fraction of sp³-hybridized carbons (Fsp3) is 0.200. The molecular weight excluding hydrogens is 390 g/mol. The molecule has 6 nitrogen and oxygen atoms in total. The number of nitrogens with zero attached hydrogens (tertiary/aromatic N) is 1. The van der Waals surface area contributed by atoms with Crippen LogP contribution < -0.4 is 5.32 Å². The predicted octanol–water partition coefficient (Wildman–Crippen LogP) is 4.15. The number of aldehydes is 1. The molecule has 0 aliphatic heterocycles. The van der Waals surface area contributed by atoms with Crippen molar-refractivity contribution in [2.75, 3.05) is 13.7 Å². The zero-order valence-electron chi connectivity index (χ0n) is 17.3. The van der Waals surface area contributed by atoms with Crippen molar-refractivity contribution in [1.29, 1.82) is 0 Å². The van der Waals surface area contributed by atoms with Crippen molar-refractivity contribution in [1.82, 2.24) is 15.3 Å². The van der Waals surface area contributed by atoms with Gasteiger partial charge in [-0.05, 0) is 42.0 Å². The molecule has 0 radical (unpaired) electrons. The number of benzene rings is 2. The van der Waals surface area contributed by atoms with Crippen molar-refractivity contribution in [2.45, 2.75) is 19.1 Å². The highest BCUT2D eigenvalue weighted by Crippen LogP contribution is 2.36. The second kappa shape index (κ2) is 9.55. The molecule has 2 aromatic heterocycles. The van der Waals surface area contributed by atoms with Crippen LogP contribution >= 0.6 is 0 Å². The number of carbonyl (C=O) groups excluding carboxylic acids is 1. The minimum atomic E-state index is -0.504. The van der Waals surface area contributed by atoms with Gasteiger partial charge in [0.15, 0.2) is 0 Å². The number of ether oxygens (including phenoxy) is 1. The molecule has 0 saturated heterocycles. The van der Waals surface area contributed by atoms with Crippen LogP contribution in [-0.4, -0.2) is 35.0 Å². The molecule has 0 fully saturated rings. The smallest absolute Gasteiger partial charge is 0.150 e. The van der Waals surface area contributed by atoms with Crippen LogP contribution in [0.3, 0.4) is 0 Å². The van der Waals surface area contributed by atoms with Gasteiger partial charge in [-0.3, -0.25) is 9.78 Å². The summed E-state index contributed by atoms with van der Waals surface area (Å²) in [5.74, 6) is 0.0949. The summed E-state index contributed by atoms with van der Waals surface area (Å²) in [6.07, 6.45) is 2.91. The van der Waals surface area contributed by atoms with E-state index in [4.69, 9.17) is 4.74 Å². The van der Waals surface area contributed by atoms with Gasteiger partial charge in [0.1, 0.15) is 18.1 Å². The number of aromatic amines is 1. The van der Waals surface area contributed by atoms with E-state index in [-0.39, 0.29) is 5.75 Å². The zero-order chi connectivity index (χ0) is 21.6. The molecule has 2 heterocycles. The molecule has 0 amide bonds. The van der Waals surface area contributed by atoms with E-state index < -0.39 is 6.10 Å². The standard InChI is InChI=1S/C25H25N3O3/c1-31-25(21-14-19(30)10-9-17(21)16-29)24-20-7-2-3-8-22(20)28-23(24)15-26-13-11-18-6-4-5-12-27-18/h2-10,12,14,16,25-26,28,30H,11,13,15H2,1H3. The molecule has 31 heavy (non-hydrogen) atoms. The summed E-state index contributed by atoms with van der Waals surface area (Å²) in [6.45, 7) is 1.38. The lowest BCUT2D eigenvalue weighted by atomic mass is 9.94. The summed E-state index contributed by atoms with van der Waals surface area (Å²) >= 11 is 0. The molecule has 158 valence electrons.